The molecular formula is C28H30N4O. The van der Waals surface area contributed by atoms with E-state index in [9.17, 15) is 4.79 Å². The van der Waals surface area contributed by atoms with Crippen LogP contribution in [-0.2, 0) is 13.5 Å². The minimum atomic E-state index is 0.0571. The number of amides is 1. The van der Waals surface area contributed by atoms with Crippen molar-refractivity contribution in [3.8, 4) is 17.1 Å². The summed E-state index contributed by atoms with van der Waals surface area (Å²) < 4.78 is 3.84. The molecule has 0 radical (unpaired) electrons. The first-order valence-electron chi connectivity index (χ1n) is 11.7. The van der Waals surface area contributed by atoms with Crippen LogP contribution in [0.4, 0.5) is 0 Å². The Morgan fingerprint density at radius 3 is 2.36 bits per heavy atom. The van der Waals surface area contributed by atoms with E-state index in [1.54, 1.807) is 4.68 Å². The van der Waals surface area contributed by atoms with Gasteiger partial charge in [-0.3, -0.25) is 4.79 Å². The maximum absolute atomic E-state index is 13.7. The molecule has 2 aromatic heterocycles. The number of likely N-dealkylation sites (tertiary alicyclic amines) is 1. The minimum Gasteiger partial charge on any atom is -0.349 e. The van der Waals surface area contributed by atoms with Gasteiger partial charge in [0.05, 0.1) is 11.4 Å². The molecule has 5 rings (SSSR count). The summed E-state index contributed by atoms with van der Waals surface area (Å²) in [6, 6.07) is 24.8. The maximum Gasteiger partial charge on any atom is 0.272 e. The normalized spacial score (nSPS) is 14.5. The average molecular weight is 439 g/mol. The predicted octanol–water partition coefficient (Wildman–Crippen LogP) is 5.28. The first-order chi connectivity index (χ1) is 16.1. The van der Waals surface area contributed by atoms with Gasteiger partial charge in [-0.25, -0.2) is 4.68 Å². The number of aromatic nitrogens is 3. The minimum absolute atomic E-state index is 0.0571. The van der Waals surface area contributed by atoms with Crippen LogP contribution in [0.15, 0.2) is 79.0 Å². The fourth-order valence-corrected chi connectivity index (χ4v) is 4.72. The molecule has 1 saturated heterocycles. The highest BCUT2D eigenvalue weighted by Crippen LogP contribution is 2.26. The second-order valence-corrected chi connectivity index (χ2v) is 9.09. The van der Waals surface area contributed by atoms with Crippen LogP contribution in [0.2, 0.25) is 0 Å². The topological polar surface area (TPSA) is 43.1 Å². The highest BCUT2D eigenvalue weighted by molar-refractivity contribution is 5.94. The predicted molar refractivity (Wildman–Crippen MR) is 131 cm³/mol. The van der Waals surface area contributed by atoms with Crippen LogP contribution >= 0.6 is 0 Å². The van der Waals surface area contributed by atoms with Crippen LogP contribution in [0.5, 0.6) is 0 Å². The van der Waals surface area contributed by atoms with E-state index in [-0.39, 0.29) is 5.91 Å². The number of aryl methyl sites for hydroxylation is 2. The van der Waals surface area contributed by atoms with Gasteiger partial charge in [0.25, 0.3) is 5.91 Å². The number of carbonyl (C=O) groups is 1. The molecule has 0 aliphatic carbocycles. The zero-order valence-corrected chi connectivity index (χ0v) is 19.3. The van der Waals surface area contributed by atoms with Crippen molar-refractivity contribution in [2.45, 2.75) is 26.2 Å². The lowest BCUT2D eigenvalue weighted by atomic mass is 9.90. The van der Waals surface area contributed by atoms with Gasteiger partial charge in [-0.2, -0.15) is 5.10 Å². The molecule has 1 amide bonds. The van der Waals surface area contributed by atoms with Gasteiger partial charge in [-0.1, -0.05) is 48.0 Å². The summed E-state index contributed by atoms with van der Waals surface area (Å²) in [5, 5.41) is 4.85. The molecule has 0 N–H and O–H groups in total. The molecule has 1 fully saturated rings. The van der Waals surface area contributed by atoms with Gasteiger partial charge in [0, 0.05) is 26.3 Å². The summed E-state index contributed by atoms with van der Waals surface area (Å²) in [5.74, 6) is 0.680. The molecule has 0 atom stereocenters. The van der Waals surface area contributed by atoms with Gasteiger partial charge in [0.2, 0.25) is 0 Å². The Bertz CT molecular complexity index is 1230. The van der Waals surface area contributed by atoms with E-state index < -0.39 is 0 Å². The lowest BCUT2D eigenvalue weighted by Crippen LogP contribution is -2.39. The van der Waals surface area contributed by atoms with Gasteiger partial charge < -0.3 is 9.47 Å². The van der Waals surface area contributed by atoms with Crippen molar-refractivity contribution in [1.29, 1.82) is 0 Å². The fourth-order valence-electron chi connectivity index (χ4n) is 4.72. The van der Waals surface area contributed by atoms with E-state index in [1.807, 2.05) is 53.0 Å². The summed E-state index contributed by atoms with van der Waals surface area (Å²) in [6.45, 7) is 3.64. The Hall–Kier alpha value is -3.60. The highest BCUT2D eigenvalue weighted by atomic mass is 16.2. The molecule has 1 aliphatic rings. The van der Waals surface area contributed by atoms with Crippen molar-refractivity contribution in [3.05, 3.63) is 95.8 Å². The number of nitrogens with zero attached hydrogens (tertiary/aromatic N) is 4. The molecule has 33 heavy (non-hydrogen) atoms. The molecule has 5 nitrogen and oxygen atoms in total. The van der Waals surface area contributed by atoms with E-state index in [2.05, 4.69) is 49.4 Å². The number of hydrogen-bond donors (Lipinski definition) is 0. The summed E-state index contributed by atoms with van der Waals surface area (Å²) in [5.41, 5.74) is 5.90. The number of piperidine rings is 1. The van der Waals surface area contributed by atoms with E-state index in [1.165, 1.54) is 11.1 Å². The average Bonchev–Trinajstić information content (AvgIpc) is 3.46. The van der Waals surface area contributed by atoms with E-state index in [0.29, 0.717) is 11.6 Å². The number of hydrogen-bond acceptors (Lipinski definition) is 2. The summed E-state index contributed by atoms with van der Waals surface area (Å²) in [7, 11) is 2.00. The SMILES string of the molecule is Cc1ccc(-n2nc(-c3cccn3C)cc2C(=O)N2CCC(Cc3ccccc3)CC2)cc1. The van der Waals surface area contributed by atoms with Crippen LogP contribution in [0.25, 0.3) is 17.1 Å². The number of rotatable bonds is 5. The molecule has 1 aliphatic heterocycles. The van der Waals surface area contributed by atoms with Crippen molar-refractivity contribution in [1.82, 2.24) is 19.2 Å². The molecule has 0 saturated carbocycles. The largest absolute Gasteiger partial charge is 0.349 e. The van der Waals surface area contributed by atoms with Crippen molar-refractivity contribution in [2.24, 2.45) is 13.0 Å². The molecule has 2 aromatic carbocycles. The molecule has 3 heterocycles. The van der Waals surface area contributed by atoms with E-state index >= 15 is 0 Å². The van der Waals surface area contributed by atoms with Crippen LogP contribution in [0, 0.1) is 12.8 Å². The third kappa shape index (κ3) is 4.49. The van der Waals surface area contributed by atoms with Gasteiger partial charge in [-0.05, 0) is 68.0 Å². The van der Waals surface area contributed by atoms with Crippen LogP contribution in [0.3, 0.4) is 0 Å². The number of benzene rings is 2. The van der Waals surface area contributed by atoms with Gasteiger partial charge in [0.15, 0.2) is 0 Å². The monoisotopic (exact) mass is 438 g/mol. The summed E-state index contributed by atoms with van der Waals surface area (Å²) in [4.78, 5) is 15.6. The Morgan fingerprint density at radius 1 is 0.970 bits per heavy atom. The van der Waals surface area contributed by atoms with E-state index in [0.717, 1.165) is 49.4 Å². The van der Waals surface area contributed by atoms with Crippen LogP contribution < -0.4 is 0 Å². The van der Waals surface area contributed by atoms with Crippen LogP contribution in [-0.4, -0.2) is 38.2 Å². The fraction of sp³-hybridized carbons (Fsp3) is 0.286. The zero-order chi connectivity index (χ0) is 22.8. The Labute approximate surface area is 195 Å². The van der Waals surface area contributed by atoms with E-state index in [4.69, 9.17) is 5.10 Å². The summed E-state index contributed by atoms with van der Waals surface area (Å²) in [6.07, 6.45) is 5.15. The molecule has 0 spiro atoms. The standard InChI is InChI=1S/C28H30N4O/c1-21-10-12-24(13-11-21)32-27(20-25(29-32)26-9-6-16-30(26)2)28(33)31-17-14-23(15-18-31)19-22-7-4-3-5-8-22/h3-13,16,20,23H,14-15,17-19H2,1-2H3. The summed E-state index contributed by atoms with van der Waals surface area (Å²) >= 11 is 0. The Kier molecular flexibility index (Phi) is 5.86. The third-order valence-corrected chi connectivity index (χ3v) is 6.68. The Morgan fingerprint density at radius 2 is 1.70 bits per heavy atom. The molecule has 0 bridgehead atoms. The Balaban J connectivity index is 1.38. The molecule has 168 valence electrons. The van der Waals surface area contributed by atoms with Crippen molar-refractivity contribution >= 4 is 5.91 Å². The first-order valence-corrected chi connectivity index (χ1v) is 11.7. The second kappa shape index (κ2) is 9.10. The quantitative estimate of drug-likeness (QED) is 0.425. The first kappa shape index (κ1) is 21.3. The van der Waals surface area contributed by atoms with Crippen molar-refractivity contribution in [2.75, 3.05) is 13.1 Å². The molecule has 5 heteroatoms. The van der Waals surface area contributed by atoms with Crippen molar-refractivity contribution < 1.29 is 4.79 Å². The zero-order valence-electron chi connectivity index (χ0n) is 19.3. The van der Waals surface area contributed by atoms with Crippen LogP contribution in [0.1, 0.15) is 34.5 Å². The van der Waals surface area contributed by atoms with Gasteiger partial charge in [-0.15, -0.1) is 0 Å². The number of carbonyl (C=O) groups excluding carboxylic acids is 1. The highest BCUT2D eigenvalue weighted by Gasteiger charge is 2.27. The van der Waals surface area contributed by atoms with Gasteiger partial charge in [0.1, 0.15) is 11.4 Å². The molecule has 0 unspecified atom stereocenters. The third-order valence-electron chi connectivity index (χ3n) is 6.68. The van der Waals surface area contributed by atoms with Crippen molar-refractivity contribution in [3.63, 3.8) is 0 Å². The second-order valence-electron chi connectivity index (χ2n) is 9.09. The molecule has 4 aromatic rings. The lowest BCUT2D eigenvalue weighted by Gasteiger charge is -2.32. The smallest absolute Gasteiger partial charge is 0.272 e. The lowest BCUT2D eigenvalue weighted by molar-refractivity contribution is 0.0681. The van der Waals surface area contributed by atoms with Gasteiger partial charge >= 0.3 is 0 Å². The molecular weight excluding hydrogens is 408 g/mol. The maximum atomic E-state index is 13.7.